The zero-order valence-corrected chi connectivity index (χ0v) is 15.8. The van der Waals surface area contributed by atoms with Crippen molar-refractivity contribution in [3.05, 3.63) is 102 Å². The van der Waals surface area contributed by atoms with Gasteiger partial charge in [0.05, 0.1) is 35.9 Å². The standard InChI is InChI=1S/C23H16FN5O/c24-20-6-15(9-25)4-5-19(20)21-8-23(30,22-12-28-14-29(21)22)18-3-1-2-16(7-18)17-10-26-13-27-11-17/h1-7,10-14,21,30H,8H2/t21-,23+/m1/s1. The zero-order chi connectivity index (χ0) is 20.7. The number of nitriles is 1. The SMILES string of the molecule is N#Cc1ccc([C@H]2C[C@](O)(c3cccc(-c4cncnc4)c3)c3cncn32)c(F)c1. The quantitative estimate of drug-likeness (QED) is 0.571. The topological polar surface area (TPSA) is 87.6 Å². The molecule has 1 aliphatic heterocycles. The van der Waals surface area contributed by atoms with E-state index in [1.54, 1.807) is 41.6 Å². The van der Waals surface area contributed by atoms with Crippen molar-refractivity contribution in [1.82, 2.24) is 19.5 Å². The predicted molar refractivity (Wildman–Crippen MR) is 107 cm³/mol. The molecule has 6 nitrogen and oxygen atoms in total. The first-order valence-electron chi connectivity index (χ1n) is 9.40. The van der Waals surface area contributed by atoms with Crippen molar-refractivity contribution in [2.45, 2.75) is 18.1 Å². The van der Waals surface area contributed by atoms with Crippen LogP contribution in [0.4, 0.5) is 4.39 Å². The van der Waals surface area contributed by atoms with Crippen LogP contribution in [-0.4, -0.2) is 24.6 Å². The second-order valence-electron chi connectivity index (χ2n) is 7.32. The number of fused-ring (bicyclic) bond motifs is 1. The second kappa shape index (κ2) is 6.87. The molecule has 0 bridgehead atoms. The van der Waals surface area contributed by atoms with Crippen molar-refractivity contribution >= 4 is 0 Å². The van der Waals surface area contributed by atoms with E-state index in [1.165, 1.54) is 12.4 Å². The number of benzene rings is 2. The fourth-order valence-corrected chi connectivity index (χ4v) is 4.15. The third-order valence-electron chi connectivity index (χ3n) is 5.64. The van der Waals surface area contributed by atoms with Crippen LogP contribution in [-0.2, 0) is 5.60 Å². The van der Waals surface area contributed by atoms with Crippen molar-refractivity contribution < 1.29 is 9.50 Å². The maximum atomic E-state index is 14.7. The number of hydrogen-bond acceptors (Lipinski definition) is 5. The molecule has 1 N–H and O–H groups in total. The highest BCUT2D eigenvalue weighted by Gasteiger charge is 2.45. The van der Waals surface area contributed by atoms with Crippen LogP contribution in [0.5, 0.6) is 0 Å². The smallest absolute Gasteiger partial charge is 0.133 e. The predicted octanol–water partition coefficient (Wildman–Crippen LogP) is 3.58. The number of nitrogens with zero attached hydrogens (tertiary/aromatic N) is 5. The lowest BCUT2D eigenvalue weighted by Crippen LogP contribution is -2.24. The van der Waals surface area contributed by atoms with Gasteiger partial charge in [0.25, 0.3) is 0 Å². The Balaban J connectivity index is 1.59. The fourth-order valence-electron chi connectivity index (χ4n) is 4.15. The average molecular weight is 397 g/mol. The number of halogens is 1. The van der Waals surface area contributed by atoms with Gasteiger partial charge in [-0.2, -0.15) is 5.26 Å². The lowest BCUT2D eigenvalue weighted by atomic mass is 9.85. The molecule has 30 heavy (non-hydrogen) atoms. The van der Waals surface area contributed by atoms with Crippen LogP contribution >= 0.6 is 0 Å². The third kappa shape index (κ3) is 2.78. The van der Waals surface area contributed by atoms with Gasteiger partial charge in [-0.25, -0.2) is 19.3 Å². The molecule has 0 saturated heterocycles. The average Bonchev–Trinajstić information content (AvgIpc) is 3.38. The zero-order valence-electron chi connectivity index (χ0n) is 15.8. The van der Waals surface area contributed by atoms with Crippen molar-refractivity contribution in [3.8, 4) is 17.2 Å². The van der Waals surface area contributed by atoms with E-state index in [0.717, 1.165) is 11.1 Å². The van der Waals surface area contributed by atoms with Gasteiger partial charge in [-0.05, 0) is 29.3 Å². The summed E-state index contributed by atoms with van der Waals surface area (Å²) in [4.78, 5) is 12.3. The van der Waals surface area contributed by atoms with Crippen molar-refractivity contribution in [3.63, 3.8) is 0 Å². The van der Waals surface area contributed by atoms with Gasteiger partial charge in [0, 0.05) is 29.9 Å². The van der Waals surface area contributed by atoms with E-state index in [1.807, 2.05) is 30.3 Å². The minimum absolute atomic E-state index is 0.252. The molecule has 4 aromatic rings. The normalized spacial score (nSPS) is 20.0. The number of aromatic nitrogens is 4. The third-order valence-corrected chi connectivity index (χ3v) is 5.64. The molecule has 0 fully saturated rings. The molecule has 0 amide bonds. The molecular weight excluding hydrogens is 381 g/mol. The van der Waals surface area contributed by atoms with Gasteiger partial charge in [-0.1, -0.05) is 24.3 Å². The Morgan fingerprint density at radius 2 is 1.90 bits per heavy atom. The molecule has 0 saturated carbocycles. The van der Waals surface area contributed by atoms with Gasteiger partial charge in [-0.3, -0.25) is 0 Å². The van der Waals surface area contributed by atoms with Crippen LogP contribution in [0.1, 0.15) is 34.8 Å². The van der Waals surface area contributed by atoms with E-state index in [2.05, 4.69) is 15.0 Å². The van der Waals surface area contributed by atoms with Crippen LogP contribution in [0.15, 0.2) is 73.7 Å². The Morgan fingerprint density at radius 3 is 2.67 bits per heavy atom. The summed E-state index contributed by atoms with van der Waals surface area (Å²) in [7, 11) is 0. The summed E-state index contributed by atoms with van der Waals surface area (Å²) in [5.41, 5.74) is 2.32. The number of hydrogen-bond donors (Lipinski definition) is 1. The minimum atomic E-state index is -1.34. The largest absolute Gasteiger partial charge is 0.379 e. The van der Waals surface area contributed by atoms with Crippen LogP contribution < -0.4 is 0 Å². The first kappa shape index (κ1) is 18.2. The molecule has 7 heteroatoms. The molecule has 2 aromatic heterocycles. The van der Waals surface area contributed by atoms with Gasteiger partial charge in [0.2, 0.25) is 0 Å². The highest BCUT2D eigenvalue weighted by molar-refractivity contribution is 5.63. The number of imidazole rings is 1. The van der Waals surface area contributed by atoms with E-state index < -0.39 is 17.5 Å². The van der Waals surface area contributed by atoms with Crippen molar-refractivity contribution in [2.24, 2.45) is 0 Å². The second-order valence-corrected chi connectivity index (χ2v) is 7.32. The molecular formula is C23H16FN5O. The Kier molecular flexibility index (Phi) is 4.16. The summed E-state index contributed by atoms with van der Waals surface area (Å²) >= 11 is 0. The molecule has 3 heterocycles. The molecule has 146 valence electrons. The molecule has 1 aliphatic rings. The van der Waals surface area contributed by atoms with Gasteiger partial charge in [0.1, 0.15) is 17.7 Å². The van der Waals surface area contributed by atoms with E-state index in [0.29, 0.717) is 16.8 Å². The van der Waals surface area contributed by atoms with Gasteiger partial charge in [0.15, 0.2) is 0 Å². The maximum Gasteiger partial charge on any atom is 0.133 e. The summed E-state index contributed by atoms with van der Waals surface area (Å²) in [5.74, 6) is -0.474. The van der Waals surface area contributed by atoms with E-state index in [9.17, 15) is 9.50 Å². The molecule has 0 unspecified atom stereocenters. The van der Waals surface area contributed by atoms with Crippen LogP contribution in [0.25, 0.3) is 11.1 Å². The highest BCUT2D eigenvalue weighted by Crippen LogP contribution is 2.47. The van der Waals surface area contributed by atoms with Gasteiger partial charge in [-0.15, -0.1) is 0 Å². The van der Waals surface area contributed by atoms with Crippen LogP contribution in [0.2, 0.25) is 0 Å². The first-order chi connectivity index (χ1) is 14.6. The van der Waals surface area contributed by atoms with E-state index >= 15 is 0 Å². The van der Waals surface area contributed by atoms with Crippen LogP contribution in [0, 0.1) is 17.1 Å². The number of aliphatic hydroxyl groups is 1. The Labute approximate surface area is 171 Å². The molecule has 5 rings (SSSR count). The van der Waals surface area contributed by atoms with Gasteiger partial charge >= 0.3 is 0 Å². The molecule has 2 atom stereocenters. The Hall–Kier alpha value is -3.89. The Bertz CT molecular complexity index is 1280. The fraction of sp³-hybridized carbons (Fsp3) is 0.130. The number of rotatable bonds is 3. The summed E-state index contributed by atoms with van der Waals surface area (Å²) < 4.78 is 16.5. The van der Waals surface area contributed by atoms with Gasteiger partial charge < -0.3 is 9.67 Å². The molecule has 0 radical (unpaired) electrons. The summed E-state index contributed by atoms with van der Waals surface area (Å²) in [6, 6.07) is 13.5. The molecule has 0 spiro atoms. The lowest BCUT2D eigenvalue weighted by molar-refractivity contribution is 0.0793. The minimum Gasteiger partial charge on any atom is -0.379 e. The maximum absolute atomic E-state index is 14.7. The summed E-state index contributed by atoms with van der Waals surface area (Å²) in [6.07, 6.45) is 8.36. The van der Waals surface area contributed by atoms with E-state index in [4.69, 9.17) is 5.26 Å². The Morgan fingerprint density at radius 1 is 1.07 bits per heavy atom. The summed E-state index contributed by atoms with van der Waals surface area (Å²) in [5, 5.41) is 20.7. The lowest BCUT2D eigenvalue weighted by Gasteiger charge is -2.24. The summed E-state index contributed by atoms with van der Waals surface area (Å²) in [6.45, 7) is 0. The first-order valence-corrected chi connectivity index (χ1v) is 9.40. The van der Waals surface area contributed by atoms with E-state index in [-0.39, 0.29) is 12.0 Å². The monoisotopic (exact) mass is 397 g/mol. The van der Waals surface area contributed by atoms with Crippen molar-refractivity contribution in [1.29, 1.82) is 5.26 Å². The molecule has 0 aliphatic carbocycles. The van der Waals surface area contributed by atoms with Crippen molar-refractivity contribution in [2.75, 3.05) is 0 Å². The van der Waals surface area contributed by atoms with Crippen LogP contribution in [0.3, 0.4) is 0 Å². The highest BCUT2D eigenvalue weighted by atomic mass is 19.1. The molecule has 2 aromatic carbocycles.